The zero-order valence-electron chi connectivity index (χ0n) is 10.8. The summed E-state index contributed by atoms with van der Waals surface area (Å²) in [6.45, 7) is 0.961. The number of nitrogens with zero attached hydrogens (tertiary/aromatic N) is 1. The van der Waals surface area contributed by atoms with Crippen LogP contribution in [0.15, 0.2) is 36.8 Å². The fourth-order valence-corrected chi connectivity index (χ4v) is 2.65. The van der Waals surface area contributed by atoms with Gasteiger partial charge in [0.05, 0.1) is 6.33 Å². The summed E-state index contributed by atoms with van der Waals surface area (Å²) in [6, 6.07) is 7.54. The number of imidazole rings is 1. The van der Waals surface area contributed by atoms with Crippen molar-refractivity contribution in [2.24, 2.45) is 0 Å². The number of aromatic nitrogens is 2. The zero-order chi connectivity index (χ0) is 13.1. The molecule has 3 nitrogen and oxygen atoms in total. The van der Waals surface area contributed by atoms with Crippen LogP contribution in [0.3, 0.4) is 0 Å². The Morgan fingerprint density at radius 1 is 1.37 bits per heavy atom. The third-order valence-corrected chi connectivity index (χ3v) is 3.84. The Balaban J connectivity index is 1.41. The molecule has 2 aromatic rings. The first kappa shape index (κ1) is 12.4. The van der Waals surface area contributed by atoms with Crippen molar-refractivity contribution in [2.75, 3.05) is 6.54 Å². The van der Waals surface area contributed by atoms with E-state index in [1.54, 1.807) is 18.5 Å². The maximum absolute atomic E-state index is 13.1. The molecule has 1 aromatic heterocycles. The van der Waals surface area contributed by atoms with Crippen molar-refractivity contribution in [3.63, 3.8) is 0 Å². The van der Waals surface area contributed by atoms with Crippen molar-refractivity contribution < 1.29 is 4.39 Å². The summed E-state index contributed by atoms with van der Waals surface area (Å²) < 4.78 is 13.1. The Morgan fingerprint density at radius 2 is 2.26 bits per heavy atom. The van der Waals surface area contributed by atoms with Gasteiger partial charge in [-0.3, -0.25) is 0 Å². The van der Waals surface area contributed by atoms with Crippen molar-refractivity contribution in [1.29, 1.82) is 0 Å². The molecule has 1 fully saturated rings. The first-order valence-electron chi connectivity index (χ1n) is 6.77. The molecule has 0 saturated heterocycles. The summed E-state index contributed by atoms with van der Waals surface area (Å²) in [4.78, 5) is 7.09. The topological polar surface area (TPSA) is 40.7 Å². The number of aromatic amines is 1. The molecule has 0 aliphatic heterocycles. The van der Waals surface area contributed by atoms with Gasteiger partial charge < -0.3 is 10.3 Å². The summed E-state index contributed by atoms with van der Waals surface area (Å²) in [5, 5.41) is 3.53. The van der Waals surface area contributed by atoms with Crippen LogP contribution < -0.4 is 5.32 Å². The van der Waals surface area contributed by atoms with Crippen LogP contribution in [-0.4, -0.2) is 22.6 Å². The van der Waals surface area contributed by atoms with Gasteiger partial charge in [-0.25, -0.2) is 9.37 Å². The molecule has 1 saturated carbocycles. The largest absolute Gasteiger partial charge is 0.348 e. The minimum atomic E-state index is -0.131. The molecule has 1 aliphatic rings. The van der Waals surface area contributed by atoms with Crippen molar-refractivity contribution in [3.05, 3.63) is 53.9 Å². The molecule has 1 aromatic carbocycles. The lowest BCUT2D eigenvalue weighted by atomic mass is 9.76. The van der Waals surface area contributed by atoms with Crippen molar-refractivity contribution in [1.82, 2.24) is 15.3 Å². The van der Waals surface area contributed by atoms with E-state index in [0.29, 0.717) is 12.0 Å². The predicted molar refractivity (Wildman–Crippen MR) is 72.5 cm³/mol. The molecule has 3 rings (SSSR count). The summed E-state index contributed by atoms with van der Waals surface area (Å²) >= 11 is 0. The SMILES string of the molecule is Fc1cccc(C2CC(NCCc3cnc[nH]3)C2)c1. The lowest BCUT2D eigenvalue weighted by Gasteiger charge is -2.36. The van der Waals surface area contributed by atoms with Crippen LogP contribution in [0.25, 0.3) is 0 Å². The van der Waals surface area contributed by atoms with Gasteiger partial charge in [-0.1, -0.05) is 12.1 Å². The Morgan fingerprint density at radius 3 is 3.00 bits per heavy atom. The number of nitrogens with one attached hydrogen (secondary N) is 2. The second-order valence-electron chi connectivity index (χ2n) is 5.20. The Kier molecular flexibility index (Phi) is 3.60. The van der Waals surface area contributed by atoms with Gasteiger partial charge in [-0.2, -0.15) is 0 Å². The average Bonchev–Trinajstić information content (AvgIpc) is 2.85. The summed E-state index contributed by atoms with van der Waals surface area (Å²) in [5.41, 5.74) is 2.29. The van der Waals surface area contributed by atoms with Crippen molar-refractivity contribution >= 4 is 0 Å². The van der Waals surface area contributed by atoms with Crippen molar-refractivity contribution in [3.8, 4) is 0 Å². The van der Waals surface area contributed by atoms with E-state index < -0.39 is 0 Å². The molecule has 100 valence electrons. The van der Waals surface area contributed by atoms with Gasteiger partial charge in [0.1, 0.15) is 5.82 Å². The van der Waals surface area contributed by atoms with E-state index in [1.165, 1.54) is 6.07 Å². The lowest BCUT2D eigenvalue weighted by Crippen LogP contribution is -2.41. The van der Waals surface area contributed by atoms with Crippen LogP contribution in [-0.2, 0) is 6.42 Å². The molecular formula is C15H18FN3. The molecular weight excluding hydrogens is 241 g/mol. The molecule has 0 amide bonds. The lowest BCUT2D eigenvalue weighted by molar-refractivity contribution is 0.292. The Bertz CT molecular complexity index is 518. The fraction of sp³-hybridized carbons (Fsp3) is 0.400. The van der Waals surface area contributed by atoms with Crippen LogP contribution in [0.1, 0.15) is 30.0 Å². The van der Waals surface area contributed by atoms with Crippen molar-refractivity contribution in [2.45, 2.75) is 31.2 Å². The standard InChI is InChI=1S/C15H18FN3/c16-13-3-1-2-11(6-13)12-7-15(8-12)18-5-4-14-9-17-10-19-14/h1-3,6,9-10,12,15,18H,4-5,7-8H2,(H,17,19). The molecule has 0 unspecified atom stereocenters. The van der Waals surface area contributed by atoms with E-state index in [9.17, 15) is 4.39 Å². The Labute approximate surface area is 112 Å². The fourth-order valence-electron chi connectivity index (χ4n) is 2.65. The van der Waals surface area contributed by atoms with Gasteiger partial charge in [0.25, 0.3) is 0 Å². The number of rotatable bonds is 5. The minimum absolute atomic E-state index is 0.131. The van der Waals surface area contributed by atoms with Gasteiger partial charge in [-0.05, 0) is 36.5 Å². The van der Waals surface area contributed by atoms with Crippen LogP contribution in [0, 0.1) is 5.82 Å². The normalized spacial score (nSPS) is 22.2. The second-order valence-corrected chi connectivity index (χ2v) is 5.20. The monoisotopic (exact) mass is 259 g/mol. The third kappa shape index (κ3) is 3.01. The highest BCUT2D eigenvalue weighted by Gasteiger charge is 2.29. The highest BCUT2D eigenvalue weighted by Crippen LogP contribution is 2.36. The van der Waals surface area contributed by atoms with Crippen LogP contribution >= 0.6 is 0 Å². The molecule has 1 heterocycles. The number of benzene rings is 1. The highest BCUT2D eigenvalue weighted by molar-refractivity contribution is 5.23. The van der Waals surface area contributed by atoms with Crippen LogP contribution in [0.4, 0.5) is 4.39 Å². The van der Waals surface area contributed by atoms with E-state index >= 15 is 0 Å². The van der Waals surface area contributed by atoms with Gasteiger partial charge >= 0.3 is 0 Å². The number of hydrogen-bond donors (Lipinski definition) is 2. The summed E-state index contributed by atoms with van der Waals surface area (Å²) in [6.07, 6.45) is 6.75. The highest BCUT2D eigenvalue weighted by atomic mass is 19.1. The quantitative estimate of drug-likeness (QED) is 0.866. The first-order valence-corrected chi connectivity index (χ1v) is 6.77. The molecule has 0 atom stereocenters. The number of hydrogen-bond acceptors (Lipinski definition) is 2. The second kappa shape index (κ2) is 5.53. The first-order chi connectivity index (χ1) is 9.31. The average molecular weight is 259 g/mol. The number of halogens is 1. The smallest absolute Gasteiger partial charge is 0.123 e. The van der Waals surface area contributed by atoms with Gasteiger partial charge in [0.2, 0.25) is 0 Å². The van der Waals surface area contributed by atoms with E-state index in [2.05, 4.69) is 15.3 Å². The summed E-state index contributed by atoms with van der Waals surface area (Å²) in [5.74, 6) is 0.383. The van der Waals surface area contributed by atoms with Crippen LogP contribution in [0.2, 0.25) is 0 Å². The third-order valence-electron chi connectivity index (χ3n) is 3.84. The molecule has 0 radical (unpaired) electrons. The maximum atomic E-state index is 13.1. The summed E-state index contributed by atoms with van der Waals surface area (Å²) in [7, 11) is 0. The molecule has 1 aliphatic carbocycles. The molecule has 4 heteroatoms. The van der Waals surface area contributed by atoms with E-state index in [0.717, 1.165) is 37.1 Å². The molecule has 2 N–H and O–H groups in total. The van der Waals surface area contributed by atoms with Crippen LogP contribution in [0.5, 0.6) is 0 Å². The number of H-pyrrole nitrogens is 1. The van der Waals surface area contributed by atoms with Gasteiger partial charge in [0, 0.05) is 30.9 Å². The van der Waals surface area contributed by atoms with E-state index in [4.69, 9.17) is 0 Å². The predicted octanol–water partition coefficient (Wildman–Crippen LogP) is 2.63. The molecule has 19 heavy (non-hydrogen) atoms. The van der Waals surface area contributed by atoms with E-state index in [1.807, 2.05) is 12.3 Å². The molecule has 0 spiro atoms. The maximum Gasteiger partial charge on any atom is 0.123 e. The molecule has 0 bridgehead atoms. The minimum Gasteiger partial charge on any atom is -0.348 e. The van der Waals surface area contributed by atoms with E-state index in [-0.39, 0.29) is 5.82 Å². The zero-order valence-corrected chi connectivity index (χ0v) is 10.8. The Hall–Kier alpha value is -1.68. The van der Waals surface area contributed by atoms with Gasteiger partial charge in [0.15, 0.2) is 0 Å². The van der Waals surface area contributed by atoms with Gasteiger partial charge in [-0.15, -0.1) is 0 Å².